The van der Waals surface area contributed by atoms with E-state index in [-0.39, 0.29) is 17.3 Å². The Hall–Kier alpha value is -1.88. The molecule has 0 aliphatic carbocycles. The summed E-state index contributed by atoms with van der Waals surface area (Å²) in [5.74, 6) is -0.861. The van der Waals surface area contributed by atoms with Crippen molar-refractivity contribution in [3.8, 4) is 0 Å². The van der Waals surface area contributed by atoms with Crippen molar-refractivity contribution in [3.05, 3.63) is 33.5 Å². The van der Waals surface area contributed by atoms with Gasteiger partial charge in [-0.3, -0.25) is 4.79 Å². The first kappa shape index (κ1) is 22.4. The normalized spacial score (nSPS) is 12.4. The molecule has 0 fully saturated rings. The molecule has 28 heavy (non-hydrogen) atoms. The first-order chi connectivity index (χ1) is 12.8. The third-order valence-electron chi connectivity index (χ3n) is 5.11. The molecule has 2 aromatic rings. The fourth-order valence-electron chi connectivity index (χ4n) is 3.84. The minimum absolute atomic E-state index is 0.0726. The molecule has 0 saturated heterocycles. The summed E-state index contributed by atoms with van der Waals surface area (Å²) >= 11 is 5.60. The van der Waals surface area contributed by atoms with Crippen LogP contribution < -0.4 is 4.90 Å². The molecule has 0 atom stereocenters. The van der Waals surface area contributed by atoms with E-state index in [1.165, 1.54) is 0 Å². The Labute approximate surface area is 173 Å². The maximum Gasteiger partial charge on any atom is 0.307 e. The van der Waals surface area contributed by atoms with Crippen LogP contribution in [0.2, 0.25) is 0 Å². The van der Waals surface area contributed by atoms with Crippen molar-refractivity contribution in [2.45, 2.75) is 72.6 Å². The van der Waals surface area contributed by atoms with Crippen molar-refractivity contribution in [1.29, 1.82) is 0 Å². The Morgan fingerprint density at radius 1 is 1.07 bits per heavy atom. The second kappa shape index (κ2) is 7.86. The summed E-state index contributed by atoms with van der Waals surface area (Å²) in [4.78, 5) is 14.0. The van der Waals surface area contributed by atoms with E-state index in [1.54, 1.807) is 0 Å². The Kier molecular flexibility index (Phi) is 6.29. The number of fused-ring (bicyclic) bond motifs is 1. The van der Waals surface area contributed by atoms with Crippen LogP contribution in [-0.4, -0.2) is 24.2 Å². The van der Waals surface area contributed by atoms with Crippen LogP contribution in [0.15, 0.2) is 16.5 Å². The number of carboxylic acid groups (broad SMARTS) is 1. The number of rotatable bonds is 5. The molecule has 1 N–H and O–H groups in total. The number of hydrogen-bond acceptors (Lipinski definition) is 4. The first-order valence-corrected chi connectivity index (χ1v) is 10.3. The van der Waals surface area contributed by atoms with Gasteiger partial charge in [0.25, 0.3) is 0 Å². The van der Waals surface area contributed by atoms with Gasteiger partial charge in [0.05, 0.1) is 6.42 Å². The van der Waals surface area contributed by atoms with Crippen LogP contribution in [-0.2, 0) is 22.0 Å². The molecule has 1 heterocycles. The number of nitrogens with zero attached hydrogens (tertiary/aromatic N) is 1. The van der Waals surface area contributed by atoms with Crippen molar-refractivity contribution in [3.63, 3.8) is 0 Å². The third-order valence-corrected chi connectivity index (χ3v) is 5.40. The van der Waals surface area contributed by atoms with Gasteiger partial charge >= 0.3 is 5.97 Å². The predicted octanol–water partition coefficient (Wildman–Crippen LogP) is 6.23. The number of carbonyl (C=O) groups is 1. The fourth-order valence-corrected chi connectivity index (χ4v) is 4.36. The number of aliphatic carboxylic acids is 1. The third kappa shape index (κ3) is 4.40. The van der Waals surface area contributed by atoms with Gasteiger partial charge in [-0.2, -0.15) is 0 Å². The molecule has 0 aliphatic heterocycles. The Bertz CT molecular complexity index is 941. The number of benzene rings is 1. The van der Waals surface area contributed by atoms with Gasteiger partial charge in [-0.15, -0.1) is 0 Å². The first-order valence-electron chi connectivity index (χ1n) is 9.92. The van der Waals surface area contributed by atoms with Crippen LogP contribution in [0, 0.1) is 4.71 Å². The second-order valence-corrected chi connectivity index (χ2v) is 9.72. The second-order valence-electron chi connectivity index (χ2n) is 9.35. The molecular formula is C23H33NO3S. The lowest BCUT2D eigenvalue weighted by atomic mass is 9.78. The summed E-state index contributed by atoms with van der Waals surface area (Å²) in [7, 11) is 0. The molecule has 154 valence electrons. The quantitative estimate of drug-likeness (QED) is 0.600. The Morgan fingerprint density at radius 3 is 2.07 bits per heavy atom. The van der Waals surface area contributed by atoms with Crippen molar-refractivity contribution >= 4 is 34.8 Å². The molecule has 4 nitrogen and oxygen atoms in total. The van der Waals surface area contributed by atoms with E-state index in [4.69, 9.17) is 16.6 Å². The van der Waals surface area contributed by atoms with Crippen molar-refractivity contribution < 1.29 is 14.3 Å². The van der Waals surface area contributed by atoms with Gasteiger partial charge in [-0.05, 0) is 54.1 Å². The maximum atomic E-state index is 11.8. The van der Waals surface area contributed by atoms with E-state index in [1.807, 2.05) is 26.8 Å². The Balaban J connectivity index is 3.09. The van der Waals surface area contributed by atoms with Crippen LogP contribution in [0.5, 0.6) is 0 Å². The molecule has 0 aliphatic rings. The minimum Gasteiger partial charge on any atom is -0.481 e. The van der Waals surface area contributed by atoms with Gasteiger partial charge in [-0.25, -0.2) is 0 Å². The van der Waals surface area contributed by atoms with Gasteiger partial charge in [0.1, 0.15) is 5.58 Å². The average Bonchev–Trinajstić information content (AvgIpc) is 2.52. The summed E-state index contributed by atoms with van der Waals surface area (Å²) < 4.78 is 6.53. The topological polar surface area (TPSA) is 53.7 Å². The summed E-state index contributed by atoms with van der Waals surface area (Å²) in [6.45, 7) is 18.6. The Morgan fingerprint density at radius 2 is 1.64 bits per heavy atom. The van der Waals surface area contributed by atoms with Crippen molar-refractivity contribution in [1.82, 2.24) is 0 Å². The lowest BCUT2D eigenvalue weighted by Crippen LogP contribution is -2.24. The van der Waals surface area contributed by atoms with E-state index in [2.05, 4.69) is 45.6 Å². The molecular weight excluding hydrogens is 370 g/mol. The van der Waals surface area contributed by atoms with Crippen molar-refractivity contribution in [2.75, 3.05) is 18.0 Å². The smallest absolute Gasteiger partial charge is 0.307 e. The van der Waals surface area contributed by atoms with Gasteiger partial charge in [0, 0.05) is 35.8 Å². The predicted molar refractivity (Wildman–Crippen MR) is 119 cm³/mol. The fraction of sp³-hybridized carbons (Fsp3) is 0.565. The highest BCUT2D eigenvalue weighted by Crippen LogP contribution is 2.40. The van der Waals surface area contributed by atoms with Crippen LogP contribution in [0.1, 0.15) is 72.1 Å². The minimum atomic E-state index is -0.861. The molecule has 2 rings (SSSR count). The van der Waals surface area contributed by atoms with Gasteiger partial charge in [0.15, 0.2) is 4.71 Å². The number of anilines is 1. The van der Waals surface area contributed by atoms with Gasteiger partial charge < -0.3 is 14.4 Å². The van der Waals surface area contributed by atoms with E-state index in [9.17, 15) is 9.90 Å². The summed E-state index contributed by atoms with van der Waals surface area (Å²) in [5.41, 5.74) is 3.94. The van der Waals surface area contributed by atoms with Gasteiger partial charge in [-0.1, -0.05) is 41.5 Å². The van der Waals surface area contributed by atoms with E-state index in [0.29, 0.717) is 10.3 Å². The molecule has 1 aromatic carbocycles. The molecule has 0 bridgehead atoms. The summed E-state index contributed by atoms with van der Waals surface area (Å²) in [6, 6.07) is 4.19. The highest BCUT2D eigenvalue weighted by Gasteiger charge is 2.29. The summed E-state index contributed by atoms with van der Waals surface area (Å²) in [6.07, 6.45) is -0.0726. The maximum absolute atomic E-state index is 11.8. The molecule has 0 spiro atoms. The van der Waals surface area contributed by atoms with Gasteiger partial charge in [0.2, 0.25) is 0 Å². The average molecular weight is 404 g/mol. The zero-order valence-corrected chi connectivity index (χ0v) is 19.2. The number of hydrogen-bond donors (Lipinski definition) is 1. The zero-order valence-electron chi connectivity index (χ0n) is 18.4. The molecule has 5 heteroatoms. The van der Waals surface area contributed by atoms with E-state index >= 15 is 0 Å². The van der Waals surface area contributed by atoms with Crippen LogP contribution in [0.4, 0.5) is 5.69 Å². The van der Waals surface area contributed by atoms with Crippen LogP contribution in [0.25, 0.3) is 11.0 Å². The molecule has 1 aromatic heterocycles. The lowest BCUT2D eigenvalue weighted by molar-refractivity contribution is -0.136. The molecule has 0 amide bonds. The van der Waals surface area contributed by atoms with Crippen LogP contribution >= 0.6 is 12.2 Å². The SMILES string of the molecule is CCN(CC)c1cc(C(C)(C)C)c2c(CC(=O)O)c(C(C)(C)C)c(=S)oc2c1. The largest absolute Gasteiger partial charge is 0.481 e. The molecule has 0 saturated carbocycles. The highest BCUT2D eigenvalue weighted by molar-refractivity contribution is 7.71. The van der Waals surface area contributed by atoms with Crippen LogP contribution in [0.3, 0.4) is 0 Å². The lowest BCUT2D eigenvalue weighted by Gasteiger charge is -2.30. The highest BCUT2D eigenvalue weighted by atomic mass is 32.1. The van der Waals surface area contributed by atoms with Crippen molar-refractivity contribution in [2.24, 2.45) is 0 Å². The monoisotopic (exact) mass is 403 g/mol. The molecule has 0 radical (unpaired) electrons. The van der Waals surface area contributed by atoms with E-state index in [0.717, 1.165) is 40.9 Å². The summed E-state index contributed by atoms with van der Waals surface area (Å²) in [5, 5.41) is 10.5. The standard InChI is InChI=1S/C23H33NO3S/c1-9-24(10-2)14-11-16(22(3,4)5)19-15(13-18(25)26)20(23(6,7)8)21(28)27-17(19)12-14/h11-12H,9-10,13H2,1-8H3,(H,25,26). The molecule has 0 unspecified atom stereocenters. The number of carboxylic acids is 1. The van der Waals surface area contributed by atoms with E-state index < -0.39 is 5.97 Å². The zero-order chi connectivity index (χ0) is 21.4.